The van der Waals surface area contributed by atoms with Gasteiger partial charge in [0.2, 0.25) is 0 Å². The van der Waals surface area contributed by atoms with Crippen LogP contribution in [0.15, 0.2) is 133 Å². The SMILES string of the molecule is Cc1ccc(-c2ccc(Cc3ccc4c(c3)C3(c5ccccc5C5=CC=CCC53)c3ccccc3-4)cc2)cc1. The van der Waals surface area contributed by atoms with E-state index in [9.17, 15) is 0 Å². The summed E-state index contributed by atoms with van der Waals surface area (Å²) in [6, 6.07) is 43.5. The van der Waals surface area contributed by atoms with Gasteiger partial charge in [-0.15, -0.1) is 0 Å². The van der Waals surface area contributed by atoms with Crippen LogP contribution in [0.4, 0.5) is 0 Å². The molecule has 186 valence electrons. The van der Waals surface area contributed by atoms with Gasteiger partial charge in [0, 0.05) is 5.92 Å². The van der Waals surface area contributed by atoms with Crippen molar-refractivity contribution < 1.29 is 0 Å². The highest BCUT2D eigenvalue weighted by Gasteiger charge is 2.55. The number of aryl methyl sites for hydroxylation is 1. The van der Waals surface area contributed by atoms with Gasteiger partial charge in [-0.3, -0.25) is 0 Å². The fraction of sp³-hybridized carbons (Fsp3) is 0.128. The predicted molar refractivity (Wildman–Crippen MR) is 163 cm³/mol. The van der Waals surface area contributed by atoms with Crippen LogP contribution in [-0.2, 0) is 11.8 Å². The number of allylic oxidation sites excluding steroid dienone is 4. The van der Waals surface area contributed by atoms with Crippen LogP contribution in [0.25, 0.3) is 27.8 Å². The van der Waals surface area contributed by atoms with Gasteiger partial charge in [-0.25, -0.2) is 0 Å². The van der Waals surface area contributed by atoms with Crippen molar-refractivity contribution in [2.24, 2.45) is 5.92 Å². The molecule has 0 heterocycles. The summed E-state index contributed by atoms with van der Waals surface area (Å²) in [6.07, 6.45) is 8.98. The van der Waals surface area contributed by atoms with E-state index in [1.807, 2.05) is 0 Å². The van der Waals surface area contributed by atoms with Gasteiger partial charge in [-0.1, -0.05) is 139 Å². The lowest BCUT2D eigenvalue weighted by Crippen LogP contribution is -2.32. The highest BCUT2D eigenvalue weighted by molar-refractivity contribution is 5.92. The van der Waals surface area contributed by atoms with Crippen molar-refractivity contribution in [3.63, 3.8) is 0 Å². The topological polar surface area (TPSA) is 0 Å². The summed E-state index contributed by atoms with van der Waals surface area (Å²) in [4.78, 5) is 0. The molecule has 0 saturated heterocycles. The monoisotopic (exact) mass is 498 g/mol. The lowest BCUT2D eigenvalue weighted by Gasteiger charge is -2.36. The lowest BCUT2D eigenvalue weighted by atomic mass is 9.65. The molecular weight excluding hydrogens is 468 g/mol. The zero-order valence-electron chi connectivity index (χ0n) is 22.2. The van der Waals surface area contributed by atoms with E-state index in [0.29, 0.717) is 5.92 Å². The molecule has 0 aromatic heterocycles. The highest BCUT2D eigenvalue weighted by atomic mass is 14.6. The summed E-state index contributed by atoms with van der Waals surface area (Å²) < 4.78 is 0. The number of hydrogen-bond acceptors (Lipinski definition) is 0. The normalized spacial score (nSPS) is 19.8. The van der Waals surface area contributed by atoms with Crippen molar-refractivity contribution in [1.29, 1.82) is 0 Å². The van der Waals surface area contributed by atoms with E-state index >= 15 is 0 Å². The molecule has 3 aliphatic carbocycles. The largest absolute Gasteiger partial charge is 0.0839 e. The number of benzene rings is 5. The minimum absolute atomic E-state index is 0.135. The summed E-state index contributed by atoms with van der Waals surface area (Å²) in [7, 11) is 0. The van der Waals surface area contributed by atoms with E-state index in [2.05, 4.69) is 140 Å². The zero-order chi connectivity index (χ0) is 26.0. The van der Waals surface area contributed by atoms with Crippen molar-refractivity contribution in [2.75, 3.05) is 0 Å². The Morgan fingerprint density at radius 3 is 2.00 bits per heavy atom. The maximum absolute atomic E-state index is 2.53. The van der Waals surface area contributed by atoms with E-state index < -0.39 is 0 Å². The van der Waals surface area contributed by atoms with Crippen LogP contribution in [0.3, 0.4) is 0 Å². The second-order valence-electron chi connectivity index (χ2n) is 11.4. The first-order valence-electron chi connectivity index (χ1n) is 14.1. The number of rotatable bonds is 3. The molecule has 1 spiro atoms. The van der Waals surface area contributed by atoms with Crippen LogP contribution >= 0.6 is 0 Å². The third-order valence-electron chi connectivity index (χ3n) is 9.24. The van der Waals surface area contributed by atoms with Crippen LogP contribution in [0.5, 0.6) is 0 Å². The molecule has 2 atom stereocenters. The molecule has 5 aromatic carbocycles. The quantitative estimate of drug-likeness (QED) is 0.232. The first kappa shape index (κ1) is 22.6. The van der Waals surface area contributed by atoms with Gasteiger partial charge in [-0.2, -0.15) is 0 Å². The Bertz CT molecular complexity index is 1800. The van der Waals surface area contributed by atoms with Crippen molar-refractivity contribution in [1.82, 2.24) is 0 Å². The molecule has 0 N–H and O–H groups in total. The van der Waals surface area contributed by atoms with Crippen LogP contribution in [0.1, 0.15) is 45.4 Å². The molecular formula is C39H30. The van der Waals surface area contributed by atoms with E-state index in [-0.39, 0.29) is 5.41 Å². The molecule has 8 rings (SSSR count). The fourth-order valence-corrected chi connectivity index (χ4v) is 7.52. The van der Waals surface area contributed by atoms with Gasteiger partial charge >= 0.3 is 0 Å². The Morgan fingerprint density at radius 2 is 1.23 bits per heavy atom. The van der Waals surface area contributed by atoms with E-state index in [4.69, 9.17) is 0 Å². The summed E-state index contributed by atoms with van der Waals surface area (Å²) in [5.74, 6) is 0.423. The Kier molecular flexibility index (Phi) is 4.94. The van der Waals surface area contributed by atoms with Gasteiger partial charge in [0.25, 0.3) is 0 Å². The van der Waals surface area contributed by atoms with Crippen molar-refractivity contribution >= 4 is 5.57 Å². The van der Waals surface area contributed by atoms with Crippen LogP contribution < -0.4 is 0 Å². The highest BCUT2D eigenvalue weighted by Crippen LogP contribution is 2.65. The molecule has 3 aliphatic rings. The second-order valence-corrected chi connectivity index (χ2v) is 11.4. The lowest BCUT2D eigenvalue weighted by molar-refractivity contribution is 0.494. The maximum Gasteiger partial charge on any atom is 0.0541 e. The number of fused-ring (bicyclic) bond motifs is 10. The third kappa shape index (κ3) is 3.25. The second kappa shape index (κ2) is 8.55. The minimum Gasteiger partial charge on any atom is -0.0839 e. The van der Waals surface area contributed by atoms with Gasteiger partial charge in [0.05, 0.1) is 5.41 Å². The standard InChI is InChI=1S/C39H30/c1-26-14-19-29(20-15-26)30-21-16-27(17-22-30)24-28-18-23-34-33-10-4-7-13-37(33)39(38(34)25-28)35-11-5-2-8-31(35)32-9-3-6-12-36(32)39/h2-11,13-23,25,36H,12,24H2,1H3. The van der Waals surface area contributed by atoms with Crippen molar-refractivity contribution in [3.8, 4) is 22.3 Å². The van der Waals surface area contributed by atoms with Gasteiger partial charge in [0.15, 0.2) is 0 Å². The molecule has 0 bridgehead atoms. The van der Waals surface area contributed by atoms with Gasteiger partial charge < -0.3 is 0 Å². The molecule has 0 amide bonds. The Hall–Kier alpha value is -4.42. The molecule has 2 unspecified atom stereocenters. The third-order valence-corrected chi connectivity index (χ3v) is 9.24. The Morgan fingerprint density at radius 1 is 0.615 bits per heavy atom. The van der Waals surface area contributed by atoms with E-state index in [1.165, 1.54) is 66.8 Å². The van der Waals surface area contributed by atoms with E-state index in [1.54, 1.807) is 0 Å². The van der Waals surface area contributed by atoms with Crippen LogP contribution in [0.2, 0.25) is 0 Å². The average Bonchev–Trinajstić information content (AvgIpc) is 3.45. The molecule has 39 heavy (non-hydrogen) atoms. The van der Waals surface area contributed by atoms with Crippen LogP contribution in [-0.4, -0.2) is 0 Å². The Balaban J connectivity index is 1.24. The predicted octanol–water partition coefficient (Wildman–Crippen LogP) is 9.54. The fourth-order valence-electron chi connectivity index (χ4n) is 7.52. The molecule has 0 radical (unpaired) electrons. The smallest absolute Gasteiger partial charge is 0.0541 e. The summed E-state index contributed by atoms with van der Waals surface area (Å²) >= 11 is 0. The molecule has 0 fully saturated rings. The molecule has 5 aromatic rings. The molecule has 0 aliphatic heterocycles. The first-order chi connectivity index (χ1) is 19.2. The maximum atomic E-state index is 2.53. The summed E-state index contributed by atoms with van der Waals surface area (Å²) in [6.45, 7) is 2.14. The first-order valence-corrected chi connectivity index (χ1v) is 14.1. The summed E-state index contributed by atoms with van der Waals surface area (Å²) in [5.41, 5.74) is 16.6. The van der Waals surface area contributed by atoms with Crippen molar-refractivity contribution in [2.45, 2.75) is 25.2 Å². The minimum atomic E-state index is -0.135. The van der Waals surface area contributed by atoms with E-state index in [0.717, 1.165) is 12.8 Å². The summed E-state index contributed by atoms with van der Waals surface area (Å²) in [5, 5.41) is 0. The molecule has 0 saturated carbocycles. The zero-order valence-corrected chi connectivity index (χ0v) is 22.2. The molecule has 0 heteroatoms. The molecule has 0 nitrogen and oxygen atoms in total. The van der Waals surface area contributed by atoms with Gasteiger partial charge in [0.1, 0.15) is 0 Å². The Labute approximate surface area is 231 Å². The van der Waals surface area contributed by atoms with Crippen LogP contribution in [0, 0.1) is 12.8 Å². The van der Waals surface area contributed by atoms with Gasteiger partial charge in [-0.05, 0) is 81.0 Å². The number of hydrogen-bond donors (Lipinski definition) is 0. The van der Waals surface area contributed by atoms with Crippen molar-refractivity contribution in [3.05, 3.63) is 172 Å². The average molecular weight is 499 g/mol.